The molecule has 7 nitrogen and oxygen atoms in total. The highest BCUT2D eigenvalue weighted by molar-refractivity contribution is 5.93. The number of hydrogen-bond acceptors (Lipinski definition) is 4. The van der Waals surface area contributed by atoms with Crippen molar-refractivity contribution >= 4 is 22.6 Å². The zero-order valence-electron chi connectivity index (χ0n) is 20.3. The minimum Gasteiger partial charge on any atom is -0.497 e. The smallest absolute Gasteiger partial charge is 0.322 e. The average Bonchev–Trinajstić information content (AvgIpc) is 3.26. The minimum atomic E-state index is -0.262. The van der Waals surface area contributed by atoms with Crippen molar-refractivity contribution in [2.45, 2.75) is 19.4 Å². The molecule has 0 saturated heterocycles. The molecule has 0 fully saturated rings. The number of fused-ring (bicyclic) bond motifs is 3. The van der Waals surface area contributed by atoms with Gasteiger partial charge in [-0.2, -0.15) is 0 Å². The number of anilines is 1. The van der Waals surface area contributed by atoms with E-state index in [2.05, 4.69) is 47.6 Å². The molecule has 0 aliphatic carbocycles. The quantitative estimate of drug-likeness (QED) is 0.393. The number of aryl methyl sites for hydroxylation is 1. The van der Waals surface area contributed by atoms with Crippen molar-refractivity contribution < 1.29 is 19.0 Å². The molecule has 4 aromatic rings. The normalized spacial score (nSPS) is 15.0. The molecule has 1 aliphatic rings. The molecule has 1 atom stereocenters. The van der Waals surface area contributed by atoms with Gasteiger partial charge in [-0.15, -0.1) is 0 Å². The Bertz CT molecular complexity index is 1380. The molecule has 0 saturated carbocycles. The number of benzene rings is 3. The number of carbonyl (C=O) groups is 1. The highest BCUT2D eigenvalue weighted by atomic mass is 16.5. The topological polar surface area (TPSA) is 75.8 Å². The van der Waals surface area contributed by atoms with E-state index < -0.39 is 0 Å². The van der Waals surface area contributed by atoms with Crippen LogP contribution < -0.4 is 19.5 Å². The summed E-state index contributed by atoms with van der Waals surface area (Å²) < 4.78 is 16.2. The lowest BCUT2D eigenvalue weighted by molar-refractivity contribution is 0.193. The summed E-state index contributed by atoms with van der Waals surface area (Å²) in [5.41, 5.74) is 6.09. The fraction of sp³-hybridized carbons (Fsp3) is 0.250. The van der Waals surface area contributed by atoms with Crippen LogP contribution in [-0.2, 0) is 6.42 Å². The average molecular weight is 472 g/mol. The molecule has 0 spiro atoms. The summed E-state index contributed by atoms with van der Waals surface area (Å²) in [5, 5.41) is 4.18. The number of aromatic nitrogens is 1. The van der Waals surface area contributed by atoms with Gasteiger partial charge in [-0.05, 0) is 54.8 Å². The van der Waals surface area contributed by atoms with E-state index in [-0.39, 0.29) is 12.1 Å². The van der Waals surface area contributed by atoms with Gasteiger partial charge in [0.2, 0.25) is 0 Å². The lowest BCUT2D eigenvalue weighted by Crippen LogP contribution is -2.43. The fourth-order valence-electron chi connectivity index (χ4n) is 4.80. The molecule has 2 amide bonds. The van der Waals surface area contributed by atoms with Gasteiger partial charge in [0.1, 0.15) is 17.2 Å². The first kappa shape index (κ1) is 22.7. The second-order valence-corrected chi connectivity index (χ2v) is 8.68. The standard InChI is InChI=1S/C28H29N3O4/c1-17-5-7-18(8-6-17)27-26-21(22-15-19(33-2)9-11-23(22)29-26)13-14-31(27)28(32)30-24-12-10-20(34-3)16-25(24)35-4/h5-12,15-16,27,29H,13-14H2,1-4H3,(H,30,32)/t27-/m0/s1. The monoisotopic (exact) mass is 471 g/mol. The number of hydrogen-bond donors (Lipinski definition) is 2. The van der Waals surface area contributed by atoms with Gasteiger partial charge < -0.3 is 29.4 Å². The van der Waals surface area contributed by atoms with Gasteiger partial charge in [0, 0.05) is 29.2 Å². The third-order valence-electron chi connectivity index (χ3n) is 6.64. The minimum absolute atomic E-state index is 0.194. The van der Waals surface area contributed by atoms with E-state index in [0.29, 0.717) is 23.7 Å². The lowest BCUT2D eigenvalue weighted by Gasteiger charge is -2.36. The first-order valence-corrected chi connectivity index (χ1v) is 11.6. The molecule has 2 N–H and O–H groups in total. The van der Waals surface area contributed by atoms with E-state index in [1.165, 1.54) is 11.1 Å². The van der Waals surface area contributed by atoms with Gasteiger partial charge in [-0.1, -0.05) is 29.8 Å². The first-order chi connectivity index (χ1) is 17.0. The lowest BCUT2D eigenvalue weighted by atomic mass is 9.92. The predicted molar refractivity (Wildman–Crippen MR) is 137 cm³/mol. The third kappa shape index (κ3) is 4.14. The maximum absolute atomic E-state index is 13.7. The molecule has 5 rings (SSSR count). The van der Waals surface area contributed by atoms with Crippen molar-refractivity contribution in [3.05, 3.63) is 83.0 Å². The van der Waals surface area contributed by atoms with Crippen LogP contribution in [0.5, 0.6) is 17.2 Å². The second-order valence-electron chi connectivity index (χ2n) is 8.68. The largest absolute Gasteiger partial charge is 0.497 e. The molecular weight excluding hydrogens is 442 g/mol. The molecule has 1 aliphatic heterocycles. The third-order valence-corrected chi connectivity index (χ3v) is 6.64. The number of ether oxygens (including phenoxy) is 3. The molecule has 2 heterocycles. The Hall–Kier alpha value is -4.13. The number of methoxy groups -OCH3 is 3. The van der Waals surface area contributed by atoms with Crippen LogP contribution in [0.4, 0.5) is 10.5 Å². The van der Waals surface area contributed by atoms with E-state index in [4.69, 9.17) is 14.2 Å². The molecule has 0 bridgehead atoms. The maximum Gasteiger partial charge on any atom is 0.322 e. The van der Waals surface area contributed by atoms with E-state index in [1.807, 2.05) is 17.0 Å². The summed E-state index contributed by atoms with van der Waals surface area (Å²) >= 11 is 0. The van der Waals surface area contributed by atoms with Gasteiger partial charge in [0.05, 0.1) is 33.1 Å². The number of nitrogens with one attached hydrogen (secondary N) is 2. The molecule has 3 aromatic carbocycles. The van der Waals surface area contributed by atoms with Crippen LogP contribution in [0.3, 0.4) is 0 Å². The highest BCUT2D eigenvalue weighted by Crippen LogP contribution is 2.40. The van der Waals surface area contributed by atoms with Crippen LogP contribution in [0.1, 0.15) is 28.4 Å². The number of nitrogens with zero attached hydrogens (tertiary/aromatic N) is 1. The van der Waals surface area contributed by atoms with Gasteiger partial charge in [0.15, 0.2) is 0 Å². The van der Waals surface area contributed by atoms with Gasteiger partial charge in [0.25, 0.3) is 0 Å². The number of urea groups is 1. The fourth-order valence-corrected chi connectivity index (χ4v) is 4.80. The van der Waals surface area contributed by atoms with Crippen LogP contribution >= 0.6 is 0 Å². The van der Waals surface area contributed by atoms with Crippen LogP contribution in [0, 0.1) is 6.92 Å². The van der Waals surface area contributed by atoms with Crippen molar-refractivity contribution in [3.8, 4) is 17.2 Å². The number of H-pyrrole nitrogens is 1. The zero-order chi connectivity index (χ0) is 24.5. The SMILES string of the molecule is COc1ccc(NC(=O)N2CCc3c([nH]c4ccc(OC)cc34)[C@@H]2c2ccc(C)cc2)c(OC)c1. The molecule has 7 heteroatoms. The maximum atomic E-state index is 13.7. The predicted octanol–water partition coefficient (Wildman–Crippen LogP) is 5.68. The summed E-state index contributed by atoms with van der Waals surface area (Å²) in [6.07, 6.45) is 0.734. The Balaban J connectivity index is 1.56. The van der Waals surface area contributed by atoms with E-state index >= 15 is 0 Å². The summed E-state index contributed by atoms with van der Waals surface area (Å²) in [7, 11) is 4.85. The summed E-state index contributed by atoms with van der Waals surface area (Å²) in [4.78, 5) is 19.1. The number of carbonyl (C=O) groups excluding carboxylic acids is 1. The van der Waals surface area contributed by atoms with Crippen LogP contribution in [0.2, 0.25) is 0 Å². The van der Waals surface area contributed by atoms with Crippen molar-refractivity contribution in [2.75, 3.05) is 33.2 Å². The Kier molecular flexibility index (Phi) is 5.99. The molecule has 180 valence electrons. The number of aromatic amines is 1. The summed E-state index contributed by atoms with van der Waals surface area (Å²) in [6.45, 7) is 2.63. The zero-order valence-corrected chi connectivity index (χ0v) is 20.3. The van der Waals surface area contributed by atoms with Gasteiger partial charge in [-0.3, -0.25) is 0 Å². The Morgan fingerprint density at radius 3 is 2.37 bits per heavy atom. The van der Waals surface area contributed by atoms with Gasteiger partial charge >= 0.3 is 6.03 Å². The van der Waals surface area contributed by atoms with E-state index in [1.54, 1.807) is 39.5 Å². The van der Waals surface area contributed by atoms with Crippen molar-refractivity contribution in [3.63, 3.8) is 0 Å². The number of amides is 2. The van der Waals surface area contributed by atoms with Crippen LogP contribution in [0.15, 0.2) is 60.7 Å². The van der Waals surface area contributed by atoms with Gasteiger partial charge in [-0.25, -0.2) is 4.79 Å². The first-order valence-electron chi connectivity index (χ1n) is 11.6. The molecule has 0 radical (unpaired) electrons. The number of rotatable bonds is 5. The highest BCUT2D eigenvalue weighted by Gasteiger charge is 2.35. The summed E-state index contributed by atoms with van der Waals surface area (Å²) in [5.74, 6) is 2.02. The van der Waals surface area contributed by atoms with Crippen LogP contribution in [0.25, 0.3) is 10.9 Å². The van der Waals surface area contributed by atoms with E-state index in [9.17, 15) is 4.79 Å². The van der Waals surface area contributed by atoms with Crippen LogP contribution in [-0.4, -0.2) is 43.8 Å². The molecule has 1 aromatic heterocycles. The van der Waals surface area contributed by atoms with Crippen molar-refractivity contribution in [1.29, 1.82) is 0 Å². The van der Waals surface area contributed by atoms with E-state index in [0.717, 1.165) is 34.3 Å². The second kappa shape index (κ2) is 9.25. The molecular formula is C28H29N3O4. The van der Waals surface area contributed by atoms with Crippen molar-refractivity contribution in [2.24, 2.45) is 0 Å². The molecule has 35 heavy (non-hydrogen) atoms. The summed E-state index contributed by atoms with van der Waals surface area (Å²) in [6, 6.07) is 19.3. The van der Waals surface area contributed by atoms with Crippen molar-refractivity contribution in [1.82, 2.24) is 9.88 Å². The Morgan fingerprint density at radius 2 is 1.66 bits per heavy atom. The molecule has 0 unspecified atom stereocenters. The Morgan fingerprint density at radius 1 is 0.943 bits per heavy atom. The Labute approximate surface area is 204 Å².